The number of ketones is 1. The van der Waals surface area contributed by atoms with Gasteiger partial charge in [0.25, 0.3) is 22.7 Å². The number of rotatable bonds is 16. The minimum atomic E-state index is -2.87. The van der Waals surface area contributed by atoms with Crippen LogP contribution in [0.5, 0.6) is 5.75 Å². The summed E-state index contributed by atoms with van der Waals surface area (Å²) in [5, 5.41) is 63.5. The third-order valence-electron chi connectivity index (χ3n) is 18.2. The van der Waals surface area contributed by atoms with Gasteiger partial charge in [-0.3, -0.25) is 54.9 Å². The second-order valence-corrected chi connectivity index (χ2v) is 25.3. The number of nitro groups is 4. The number of amides is 1. The standard InChI is InChI=1S/C65H63N5O25/c1-33-45(89-59(76)51-49(35-16-12-10-13-17-35)66(60(77)95-61(3,4)5)55(91-51)36-20-22-44(87-9)23-21-36)31-65(78)54(93-56(73)37-18-14-11-15-19-37)52-63(8,53(72)50(48(33)62(65,6)7)92-58(75)39-26-42(69(83)84)29-43(27-39)70(85)86)46(30-47-64(52,32-88-47)94-34(2)71)90-57(74)38-24-40(67(79)80)28-41(25-38)68(81)82/h10-29,45-47,49-52,54-55,78H,30-32H2,1-9H3/t45-,46-,47+,49-,50+,51+,52-,54-,55+,63+,64-,65+/m0/s1. The second-order valence-electron chi connectivity index (χ2n) is 25.3. The Morgan fingerprint density at radius 2 is 1.19 bits per heavy atom. The Labute approximate surface area is 539 Å². The van der Waals surface area contributed by atoms with Crippen LogP contribution < -0.4 is 4.74 Å². The summed E-state index contributed by atoms with van der Waals surface area (Å²) in [6.45, 7) is 10.3. The molecule has 2 bridgehead atoms. The largest absolute Gasteiger partial charge is 0.497 e. The van der Waals surface area contributed by atoms with Gasteiger partial charge in [0.2, 0.25) is 0 Å². The molecule has 1 amide bonds. The van der Waals surface area contributed by atoms with Crippen molar-refractivity contribution < 1.29 is 101 Å². The fourth-order valence-electron chi connectivity index (χ4n) is 13.7. The molecule has 0 radical (unpaired) electrons. The maximum atomic E-state index is 17.1. The van der Waals surface area contributed by atoms with E-state index in [1.54, 1.807) is 81.4 Å². The molecular formula is C65H63N5O25. The average molecular weight is 1310 g/mol. The highest BCUT2D eigenvalue weighted by Crippen LogP contribution is 2.65. The number of non-ortho nitro benzene ring substituents is 4. The van der Waals surface area contributed by atoms with Gasteiger partial charge in [0, 0.05) is 55.0 Å². The van der Waals surface area contributed by atoms with E-state index in [0.29, 0.717) is 53.3 Å². The molecule has 30 heteroatoms. The lowest BCUT2D eigenvalue weighted by Gasteiger charge is -2.67. The number of methoxy groups -OCH3 is 1. The maximum Gasteiger partial charge on any atom is 0.413 e. The quantitative estimate of drug-likeness (QED) is 0.0316. The number of nitrogens with zero attached hydrogens (tertiary/aromatic N) is 5. The summed E-state index contributed by atoms with van der Waals surface area (Å²) in [7, 11) is 1.44. The van der Waals surface area contributed by atoms with Gasteiger partial charge in [0.15, 0.2) is 29.8 Å². The summed E-state index contributed by atoms with van der Waals surface area (Å²) in [6, 6.07) is 23.9. The Hall–Kier alpha value is -10.6. The van der Waals surface area contributed by atoms with E-state index in [1.807, 2.05) is 0 Å². The number of fused-ring (bicyclic) bond motifs is 5. The lowest BCUT2D eigenvalue weighted by atomic mass is 9.44. The van der Waals surface area contributed by atoms with Crippen LogP contribution in [0.1, 0.15) is 123 Å². The van der Waals surface area contributed by atoms with Crippen molar-refractivity contribution in [3.63, 3.8) is 0 Å². The third kappa shape index (κ3) is 12.1. The molecule has 4 fully saturated rings. The van der Waals surface area contributed by atoms with Crippen molar-refractivity contribution in [2.75, 3.05) is 13.7 Å². The van der Waals surface area contributed by atoms with Crippen LogP contribution in [-0.4, -0.2) is 139 Å². The Kier molecular flexibility index (Phi) is 17.7. The fraction of sp³-hybridized carbons (Fsp3) is 0.400. The van der Waals surface area contributed by atoms with Crippen molar-refractivity contribution in [3.05, 3.63) is 201 Å². The number of carbonyl (C=O) groups excluding carboxylic acids is 7. The summed E-state index contributed by atoms with van der Waals surface area (Å²) in [5.41, 5.74) is -16.8. The van der Waals surface area contributed by atoms with Crippen LogP contribution in [0.3, 0.4) is 0 Å². The predicted molar refractivity (Wildman–Crippen MR) is 323 cm³/mol. The maximum absolute atomic E-state index is 17.1. The number of benzene rings is 5. The fourth-order valence-corrected chi connectivity index (χ4v) is 13.7. The van der Waals surface area contributed by atoms with Gasteiger partial charge in [-0.15, -0.1) is 0 Å². The van der Waals surface area contributed by atoms with Crippen LogP contribution in [0.25, 0.3) is 0 Å². The summed E-state index contributed by atoms with van der Waals surface area (Å²) in [6.07, 6.45) is -15.9. The third-order valence-corrected chi connectivity index (χ3v) is 18.2. The Morgan fingerprint density at radius 3 is 1.67 bits per heavy atom. The summed E-state index contributed by atoms with van der Waals surface area (Å²) in [5.74, 6) is -9.71. The minimum absolute atomic E-state index is 0.159. The average Bonchev–Trinajstić information content (AvgIpc) is 0.830. The molecule has 1 N–H and O–H groups in total. The van der Waals surface area contributed by atoms with Gasteiger partial charge < -0.3 is 47.7 Å². The van der Waals surface area contributed by atoms with Gasteiger partial charge in [-0.25, -0.2) is 24.0 Å². The number of aliphatic hydroxyl groups is 1. The number of carbonyl (C=O) groups is 7. The molecule has 12 atom stereocenters. The van der Waals surface area contributed by atoms with E-state index < -0.39 is 203 Å². The number of hydrogen-bond acceptors (Lipinski definition) is 25. The zero-order chi connectivity index (χ0) is 69.2. The summed E-state index contributed by atoms with van der Waals surface area (Å²) in [4.78, 5) is 152. The molecule has 2 heterocycles. The zero-order valence-electron chi connectivity index (χ0n) is 52.3. The molecule has 0 spiro atoms. The molecule has 10 rings (SSSR count). The molecule has 498 valence electrons. The van der Waals surface area contributed by atoms with Gasteiger partial charge in [-0.2, -0.15) is 0 Å². The van der Waals surface area contributed by atoms with E-state index in [-0.39, 0.29) is 11.1 Å². The smallest absolute Gasteiger partial charge is 0.413 e. The highest BCUT2D eigenvalue weighted by Gasteiger charge is 2.79. The van der Waals surface area contributed by atoms with Gasteiger partial charge in [0.1, 0.15) is 47.4 Å². The Morgan fingerprint density at radius 1 is 0.674 bits per heavy atom. The molecule has 2 saturated carbocycles. The summed E-state index contributed by atoms with van der Waals surface area (Å²) >= 11 is 0. The second kappa shape index (κ2) is 25.0. The van der Waals surface area contributed by atoms with Gasteiger partial charge in [0.05, 0.1) is 73.6 Å². The minimum Gasteiger partial charge on any atom is -0.497 e. The molecule has 0 unspecified atom stereocenters. The number of nitro benzene ring substituents is 4. The molecule has 2 saturated heterocycles. The van der Waals surface area contributed by atoms with E-state index in [0.717, 1.165) is 13.8 Å². The van der Waals surface area contributed by atoms with Crippen molar-refractivity contribution in [2.24, 2.45) is 16.7 Å². The van der Waals surface area contributed by atoms with E-state index in [4.69, 9.17) is 42.6 Å². The van der Waals surface area contributed by atoms with Gasteiger partial charge in [-0.05, 0) is 75.6 Å². The molecule has 3 aliphatic carbocycles. The molecule has 5 aliphatic rings. The van der Waals surface area contributed by atoms with E-state index in [9.17, 15) is 59.9 Å². The van der Waals surface area contributed by atoms with Crippen molar-refractivity contribution >= 4 is 64.5 Å². The Bertz CT molecular complexity index is 3980. The van der Waals surface area contributed by atoms with Crippen LogP contribution in [-0.2, 0) is 52.3 Å². The van der Waals surface area contributed by atoms with Crippen LogP contribution in [0, 0.1) is 57.2 Å². The zero-order valence-corrected chi connectivity index (χ0v) is 52.3. The molecule has 5 aromatic carbocycles. The first-order valence-corrected chi connectivity index (χ1v) is 29.6. The van der Waals surface area contributed by atoms with Gasteiger partial charge >= 0.3 is 35.9 Å². The monoisotopic (exact) mass is 1310 g/mol. The topological polar surface area (TPSA) is 399 Å². The first kappa shape index (κ1) is 67.3. The predicted octanol–water partition coefficient (Wildman–Crippen LogP) is 9.08. The SMILES string of the molecule is COc1ccc([C@H]2O[C@@H](C(=O)O[C@H]3C[C@@]4(O)[C@@H](OC(=O)c5ccccc5)[C@@H]5[C@]6(OC(C)=O)CO[C@@H]6C[C@H](OC(=O)c6cc([N+](=O)[O-])cc([N+](=O)[O-])c6)[C@@]5(C)C(=O)[C@H](OC(=O)c5cc([N+](=O)[O-])cc([N+](=O)[O-])c5)C(=C3C)C4(C)C)[C@H](c3ccccc3)N2C(=O)OC(C)(C)C)cc1. The number of esters is 5. The van der Waals surface area contributed by atoms with Crippen LogP contribution in [0.4, 0.5) is 27.5 Å². The van der Waals surface area contributed by atoms with Crippen molar-refractivity contribution in [1.82, 2.24) is 4.90 Å². The number of Topliss-reactive ketones (excluding diaryl/α,β-unsaturated/α-hetero) is 1. The van der Waals surface area contributed by atoms with Crippen LogP contribution in [0.2, 0.25) is 0 Å². The van der Waals surface area contributed by atoms with Gasteiger partial charge in [-0.1, -0.05) is 74.5 Å². The van der Waals surface area contributed by atoms with Crippen molar-refractivity contribution in [3.8, 4) is 5.75 Å². The molecule has 30 nitrogen and oxygen atoms in total. The molecule has 2 aliphatic heterocycles. The molecular weight excluding hydrogens is 1250 g/mol. The van der Waals surface area contributed by atoms with Crippen molar-refractivity contribution in [2.45, 2.75) is 134 Å². The lowest BCUT2D eigenvalue weighted by molar-refractivity contribution is -0.394. The highest BCUT2D eigenvalue weighted by atomic mass is 16.7. The van der Waals surface area contributed by atoms with Crippen molar-refractivity contribution in [1.29, 1.82) is 0 Å². The Balaban J connectivity index is 1.22. The van der Waals surface area contributed by atoms with Crippen LogP contribution >= 0.6 is 0 Å². The summed E-state index contributed by atoms with van der Waals surface area (Å²) < 4.78 is 55.9. The first-order valence-electron chi connectivity index (χ1n) is 29.6. The lowest BCUT2D eigenvalue weighted by Crippen LogP contribution is -2.82. The van der Waals surface area contributed by atoms with E-state index in [2.05, 4.69) is 0 Å². The number of ether oxygens (including phenoxy) is 9. The number of hydrogen-bond donors (Lipinski definition) is 1. The normalized spacial score (nSPS) is 27.3. The highest BCUT2D eigenvalue weighted by molar-refractivity contribution is 5.99. The first-order chi connectivity index (χ1) is 44.6. The van der Waals surface area contributed by atoms with E-state index >= 15 is 19.2 Å². The molecule has 95 heavy (non-hydrogen) atoms. The molecule has 5 aromatic rings. The molecule has 0 aromatic heterocycles. The van der Waals surface area contributed by atoms with Crippen LogP contribution in [0.15, 0.2) is 132 Å². The van der Waals surface area contributed by atoms with E-state index in [1.165, 1.54) is 57.0 Å².